The van der Waals surface area contributed by atoms with Gasteiger partial charge in [0, 0.05) is 6.54 Å². The van der Waals surface area contributed by atoms with E-state index in [1.54, 1.807) is 24.9 Å². The lowest BCUT2D eigenvalue weighted by atomic mass is 9.90. The van der Waals surface area contributed by atoms with Crippen LogP contribution in [-0.2, 0) is 16.9 Å². The monoisotopic (exact) mass is 391 g/mol. The molecule has 0 radical (unpaired) electrons. The molecule has 1 fully saturated rings. The number of urea groups is 1. The normalized spacial score (nSPS) is 19.2. The third-order valence-electron chi connectivity index (χ3n) is 5.33. The lowest BCUT2D eigenvalue weighted by molar-refractivity contribution is -0.132. The van der Waals surface area contributed by atoms with Crippen LogP contribution in [0.1, 0.15) is 18.1 Å². The fourth-order valence-corrected chi connectivity index (χ4v) is 3.76. The highest BCUT2D eigenvalue weighted by Gasteiger charge is 2.49. The van der Waals surface area contributed by atoms with Crippen molar-refractivity contribution in [3.63, 3.8) is 0 Å². The van der Waals surface area contributed by atoms with Crippen LogP contribution in [0.5, 0.6) is 0 Å². The second-order valence-corrected chi connectivity index (χ2v) is 7.64. The Kier molecular flexibility index (Phi) is 4.80. The highest BCUT2D eigenvalue weighted by atomic mass is 19.1. The molecule has 1 atom stereocenters. The van der Waals surface area contributed by atoms with E-state index >= 15 is 0 Å². The average Bonchev–Trinajstić information content (AvgIpc) is 2.91. The molecule has 6 heteroatoms. The molecule has 0 saturated carbocycles. The fourth-order valence-electron chi connectivity index (χ4n) is 3.76. The summed E-state index contributed by atoms with van der Waals surface area (Å²) in [5.74, 6) is -0.612. The number of halogens is 1. The van der Waals surface area contributed by atoms with Crippen LogP contribution < -0.4 is 5.32 Å². The molecular weight excluding hydrogens is 369 g/mol. The quantitative estimate of drug-likeness (QED) is 0.673. The van der Waals surface area contributed by atoms with Crippen LogP contribution in [0.2, 0.25) is 0 Å². The highest BCUT2D eigenvalue weighted by molar-refractivity contribution is 6.07. The zero-order chi connectivity index (χ0) is 20.6. The third-order valence-corrected chi connectivity index (χ3v) is 5.33. The maximum Gasteiger partial charge on any atom is 0.326 e. The van der Waals surface area contributed by atoms with Crippen molar-refractivity contribution in [1.29, 1.82) is 0 Å². The number of rotatable bonds is 5. The predicted octanol–water partition coefficient (Wildman–Crippen LogP) is 3.84. The molecule has 1 N–H and O–H groups in total. The largest absolute Gasteiger partial charge is 0.326 e. The molecule has 0 bridgehead atoms. The van der Waals surface area contributed by atoms with Crippen molar-refractivity contribution in [1.82, 2.24) is 15.1 Å². The Morgan fingerprint density at radius 3 is 2.52 bits per heavy atom. The van der Waals surface area contributed by atoms with Gasteiger partial charge in [-0.05, 0) is 54.1 Å². The van der Waals surface area contributed by atoms with E-state index < -0.39 is 11.6 Å². The average molecular weight is 391 g/mol. The third kappa shape index (κ3) is 3.59. The van der Waals surface area contributed by atoms with Crippen LogP contribution in [0.25, 0.3) is 10.8 Å². The number of hydrogen-bond donors (Lipinski definition) is 1. The fraction of sp³-hybridized carbons (Fsp3) is 0.217. The minimum Gasteiger partial charge on any atom is -0.319 e. The first-order chi connectivity index (χ1) is 13.9. The van der Waals surface area contributed by atoms with Gasteiger partial charge >= 0.3 is 6.03 Å². The van der Waals surface area contributed by atoms with Gasteiger partial charge in [-0.15, -0.1) is 0 Å². The molecule has 0 unspecified atom stereocenters. The SMILES string of the molecule is CN(Cc1cccc(F)c1)CN1C(=O)N[C@](C)(c2ccc3ccccc3c2)C1=O. The molecule has 5 nitrogen and oxygen atoms in total. The van der Waals surface area contributed by atoms with Crippen molar-refractivity contribution in [3.05, 3.63) is 83.7 Å². The van der Waals surface area contributed by atoms with Crippen LogP contribution in [-0.4, -0.2) is 35.5 Å². The lowest BCUT2D eigenvalue weighted by Gasteiger charge is -2.25. The van der Waals surface area contributed by atoms with Crippen LogP contribution in [0.4, 0.5) is 9.18 Å². The first kappa shape index (κ1) is 19.1. The second kappa shape index (κ2) is 7.29. The molecule has 3 amide bonds. The van der Waals surface area contributed by atoms with Crippen LogP contribution in [0.3, 0.4) is 0 Å². The molecule has 3 aromatic carbocycles. The maximum absolute atomic E-state index is 13.4. The zero-order valence-corrected chi connectivity index (χ0v) is 16.4. The van der Waals surface area contributed by atoms with Crippen molar-refractivity contribution in [2.45, 2.75) is 19.0 Å². The number of benzene rings is 3. The number of imide groups is 1. The molecule has 29 heavy (non-hydrogen) atoms. The number of nitrogens with zero attached hydrogens (tertiary/aromatic N) is 2. The van der Waals surface area contributed by atoms with E-state index in [-0.39, 0.29) is 18.4 Å². The van der Waals surface area contributed by atoms with E-state index in [4.69, 9.17) is 0 Å². The number of fused-ring (bicyclic) bond motifs is 1. The van der Waals surface area contributed by atoms with Crippen molar-refractivity contribution in [2.75, 3.05) is 13.7 Å². The number of nitrogens with one attached hydrogen (secondary N) is 1. The summed E-state index contributed by atoms with van der Waals surface area (Å²) >= 11 is 0. The first-order valence-corrected chi connectivity index (χ1v) is 9.43. The predicted molar refractivity (Wildman–Crippen MR) is 109 cm³/mol. The Balaban J connectivity index is 1.54. The lowest BCUT2D eigenvalue weighted by Crippen LogP contribution is -2.42. The van der Waals surface area contributed by atoms with E-state index in [1.807, 2.05) is 48.5 Å². The summed E-state index contributed by atoms with van der Waals surface area (Å²) in [6.07, 6.45) is 0. The Morgan fingerprint density at radius 1 is 1.00 bits per heavy atom. The van der Waals surface area contributed by atoms with Crippen LogP contribution in [0.15, 0.2) is 66.7 Å². The van der Waals surface area contributed by atoms with Gasteiger partial charge in [0.2, 0.25) is 0 Å². The smallest absolute Gasteiger partial charge is 0.319 e. The van der Waals surface area contributed by atoms with E-state index in [1.165, 1.54) is 17.0 Å². The number of carbonyl (C=O) groups is 2. The molecule has 0 aliphatic carbocycles. The summed E-state index contributed by atoms with van der Waals surface area (Å²) in [6.45, 7) is 2.26. The molecule has 1 aliphatic rings. The van der Waals surface area contributed by atoms with E-state index in [0.717, 1.165) is 21.9 Å². The van der Waals surface area contributed by atoms with Gasteiger partial charge in [-0.1, -0.05) is 48.5 Å². The van der Waals surface area contributed by atoms with E-state index in [9.17, 15) is 14.0 Å². The molecule has 1 aliphatic heterocycles. The van der Waals surface area contributed by atoms with Crippen LogP contribution in [0, 0.1) is 5.82 Å². The topological polar surface area (TPSA) is 52.6 Å². The molecule has 148 valence electrons. The molecule has 1 heterocycles. The number of carbonyl (C=O) groups excluding carboxylic acids is 2. The van der Waals surface area contributed by atoms with Gasteiger partial charge in [0.05, 0.1) is 6.67 Å². The van der Waals surface area contributed by atoms with Crippen molar-refractivity contribution >= 4 is 22.7 Å². The summed E-state index contributed by atoms with van der Waals surface area (Å²) in [7, 11) is 1.79. The van der Waals surface area contributed by atoms with E-state index in [0.29, 0.717) is 6.54 Å². The van der Waals surface area contributed by atoms with Gasteiger partial charge in [0.1, 0.15) is 11.4 Å². The minimum absolute atomic E-state index is 0.115. The Hall–Kier alpha value is -3.25. The molecule has 3 aromatic rings. The maximum atomic E-state index is 13.4. The Bertz CT molecular complexity index is 1100. The van der Waals surface area contributed by atoms with Gasteiger partial charge in [-0.25, -0.2) is 14.1 Å². The van der Waals surface area contributed by atoms with E-state index in [2.05, 4.69) is 5.32 Å². The molecular formula is C23H22FN3O2. The van der Waals surface area contributed by atoms with Gasteiger partial charge in [0.15, 0.2) is 0 Å². The highest BCUT2D eigenvalue weighted by Crippen LogP contribution is 2.31. The molecule has 0 spiro atoms. The van der Waals surface area contributed by atoms with Crippen LogP contribution >= 0.6 is 0 Å². The van der Waals surface area contributed by atoms with Gasteiger partial charge in [-0.3, -0.25) is 9.69 Å². The summed E-state index contributed by atoms with van der Waals surface area (Å²) in [6, 6.07) is 19.5. The summed E-state index contributed by atoms with van der Waals surface area (Å²) in [5, 5.41) is 4.92. The summed E-state index contributed by atoms with van der Waals surface area (Å²) in [5.41, 5.74) is 0.391. The van der Waals surface area contributed by atoms with Gasteiger partial charge in [0.25, 0.3) is 5.91 Å². The number of hydrogen-bond acceptors (Lipinski definition) is 3. The van der Waals surface area contributed by atoms with Crippen molar-refractivity contribution < 1.29 is 14.0 Å². The zero-order valence-electron chi connectivity index (χ0n) is 16.4. The molecule has 1 saturated heterocycles. The summed E-state index contributed by atoms with van der Waals surface area (Å²) < 4.78 is 13.4. The van der Waals surface area contributed by atoms with Gasteiger partial charge < -0.3 is 5.32 Å². The Morgan fingerprint density at radius 2 is 1.76 bits per heavy atom. The van der Waals surface area contributed by atoms with Gasteiger partial charge in [-0.2, -0.15) is 0 Å². The molecule has 4 rings (SSSR count). The first-order valence-electron chi connectivity index (χ1n) is 9.43. The molecule has 0 aromatic heterocycles. The second-order valence-electron chi connectivity index (χ2n) is 7.64. The number of amides is 3. The standard InChI is InChI=1S/C23H22FN3O2/c1-23(19-11-10-17-7-3-4-8-18(17)13-19)21(28)27(22(29)25-23)15-26(2)14-16-6-5-9-20(24)12-16/h3-13H,14-15H2,1-2H3,(H,25,29)/t23-/m1/s1. The minimum atomic E-state index is -1.12. The Labute approximate surface area is 168 Å². The summed E-state index contributed by atoms with van der Waals surface area (Å²) in [4.78, 5) is 28.8. The van der Waals surface area contributed by atoms with Crippen molar-refractivity contribution in [2.24, 2.45) is 0 Å². The van der Waals surface area contributed by atoms with Crippen molar-refractivity contribution in [3.8, 4) is 0 Å².